The summed E-state index contributed by atoms with van der Waals surface area (Å²) in [6.45, 7) is 6.56. The van der Waals surface area contributed by atoms with Crippen molar-refractivity contribution in [2.45, 2.75) is 32.4 Å². The Kier molecular flexibility index (Phi) is 5.01. The van der Waals surface area contributed by atoms with Crippen molar-refractivity contribution in [1.82, 2.24) is 15.2 Å². The van der Waals surface area contributed by atoms with Crippen molar-refractivity contribution in [2.24, 2.45) is 0 Å². The monoisotopic (exact) mass is 301 g/mol. The summed E-state index contributed by atoms with van der Waals surface area (Å²) < 4.78 is 0. The van der Waals surface area contributed by atoms with Crippen molar-refractivity contribution in [1.29, 1.82) is 0 Å². The number of likely N-dealkylation sites (tertiary alicyclic amines) is 1. The molecule has 1 atom stereocenters. The predicted molar refractivity (Wildman–Crippen MR) is 88.7 cm³/mol. The summed E-state index contributed by atoms with van der Waals surface area (Å²) in [4.78, 5) is 8.28. The standard InChI is InChI=1S/C17H23N3S/c1-14-11-19-17(21-14)12-18-16-8-10-20(13-16)9-7-15-5-3-2-4-6-15/h2-6,11,16,18H,7-10,12-13H2,1H3. The number of aromatic nitrogens is 1. The number of hydrogen-bond donors (Lipinski definition) is 1. The summed E-state index contributed by atoms with van der Waals surface area (Å²) in [5.74, 6) is 0. The van der Waals surface area contributed by atoms with Crippen molar-refractivity contribution in [3.63, 3.8) is 0 Å². The molecule has 0 spiro atoms. The van der Waals surface area contributed by atoms with Crippen LogP contribution in [0.5, 0.6) is 0 Å². The first kappa shape index (κ1) is 14.7. The third-order valence-corrected chi connectivity index (χ3v) is 4.96. The molecule has 0 bridgehead atoms. The zero-order chi connectivity index (χ0) is 14.5. The van der Waals surface area contributed by atoms with E-state index in [1.165, 1.54) is 35.0 Å². The van der Waals surface area contributed by atoms with Gasteiger partial charge in [0.15, 0.2) is 0 Å². The summed E-state index contributed by atoms with van der Waals surface area (Å²) in [7, 11) is 0. The van der Waals surface area contributed by atoms with Crippen molar-refractivity contribution in [2.75, 3.05) is 19.6 Å². The number of nitrogens with zero attached hydrogens (tertiary/aromatic N) is 2. The molecule has 0 radical (unpaired) electrons. The molecule has 1 saturated heterocycles. The van der Waals surface area contributed by atoms with Gasteiger partial charge in [-0.05, 0) is 31.9 Å². The number of hydrogen-bond acceptors (Lipinski definition) is 4. The molecule has 1 aromatic carbocycles. The van der Waals surface area contributed by atoms with Gasteiger partial charge in [0.05, 0.1) is 0 Å². The van der Waals surface area contributed by atoms with E-state index >= 15 is 0 Å². The maximum absolute atomic E-state index is 4.41. The van der Waals surface area contributed by atoms with E-state index in [4.69, 9.17) is 0 Å². The fourth-order valence-electron chi connectivity index (χ4n) is 2.85. The SMILES string of the molecule is Cc1cnc(CNC2CCN(CCc3ccccc3)C2)s1. The van der Waals surface area contributed by atoms with Gasteiger partial charge in [0.2, 0.25) is 0 Å². The molecule has 4 heteroatoms. The maximum Gasteiger partial charge on any atom is 0.107 e. The van der Waals surface area contributed by atoms with Gasteiger partial charge < -0.3 is 10.2 Å². The molecule has 1 N–H and O–H groups in total. The molecule has 0 amide bonds. The number of rotatable bonds is 6. The third-order valence-electron chi connectivity index (χ3n) is 4.04. The zero-order valence-corrected chi connectivity index (χ0v) is 13.4. The quantitative estimate of drug-likeness (QED) is 0.889. The molecule has 2 aromatic rings. The van der Waals surface area contributed by atoms with Crippen molar-refractivity contribution in [3.05, 3.63) is 52.0 Å². The van der Waals surface area contributed by atoms with Gasteiger partial charge in [0.25, 0.3) is 0 Å². The van der Waals surface area contributed by atoms with E-state index in [1.807, 2.05) is 6.20 Å². The maximum atomic E-state index is 4.41. The minimum Gasteiger partial charge on any atom is -0.306 e. The number of aryl methyl sites for hydroxylation is 1. The Balaban J connectivity index is 1.39. The molecule has 3 nitrogen and oxygen atoms in total. The second kappa shape index (κ2) is 7.16. The summed E-state index contributed by atoms with van der Waals surface area (Å²) in [5.41, 5.74) is 1.44. The highest BCUT2D eigenvalue weighted by atomic mass is 32.1. The Hall–Kier alpha value is -1.23. The number of benzene rings is 1. The normalized spacial score (nSPS) is 19.2. The van der Waals surface area contributed by atoms with Crippen LogP contribution in [0.4, 0.5) is 0 Å². The van der Waals surface area contributed by atoms with Gasteiger partial charge >= 0.3 is 0 Å². The lowest BCUT2D eigenvalue weighted by Gasteiger charge is -2.16. The van der Waals surface area contributed by atoms with Crippen molar-refractivity contribution < 1.29 is 0 Å². The summed E-state index contributed by atoms with van der Waals surface area (Å²) in [6.07, 6.45) is 4.36. The smallest absolute Gasteiger partial charge is 0.107 e. The van der Waals surface area contributed by atoms with Gasteiger partial charge in [-0.3, -0.25) is 0 Å². The van der Waals surface area contributed by atoms with E-state index in [-0.39, 0.29) is 0 Å². The van der Waals surface area contributed by atoms with Gasteiger partial charge in [0, 0.05) is 36.8 Å². The lowest BCUT2D eigenvalue weighted by Crippen LogP contribution is -2.32. The van der Waals surface area contributed by atoms with Gasteiger partial charge in [-0.2, -0.15) is 0 Å². The van der Waals surface area contributed by atoms with E-state index in [1.54, 1.807) is 11.3 Å². The molecule has 112 valence electrons. The van der Waals surface area contributed by atoms with Crippen LogP contribution in [-0.4, -0.2) is 35.6 Å². The van der Waals surface area contributed by atoms with E-state index in [9.17, 15) is 0 Å². The molecular formula is C17H23N3S. The fourth-order valence-corrected chi connectivity index (χ4v) is 3.59. The highest BCUT2D eigenvalue weighted by Crippen LogP contribution is 2.14. The molecule has 0 saturated carbocycles. The zero-order valence-electron chi connectivity index (χ0n) is 12.6. The Bertz CT molecular complexity index is 552. The Morgan fingerprint density at radius 1 is 1.33 bits per heavy atom. The van der Waals surface area contributed by atoms with Crippen LogP contribution >= 0.6 is 11.3 Å². The first-order valence-electron chi connectivity index (χ1n) is 7.70. The van der Waals surface area contributed by atoms with Crippen LogP contribution in [0.15, 0.2) is 36.5 Å². The molecule has 2 heterocycles. The molecule has 1 aliphatic rings. The molecule has 3 rings (SSSR count). The van der Waals surface area contributed by atoms with Crippen LogP contribution in [0.3, 0.4) is 0 Å². The second-order valence-electron chi connectivity index (χ2n) is 5.77. The topological polar surface area (TPSA) is 28.2 Å². The molecule has 1 aromatic heterocycles. The minimum atomic E-state index is 0.616. The van der Waals surface area contributed by atoms with Crippen LogP contribution in [0.1, 0.15) is 21.9 Å². The van der Waals surface area contributed by atoms with Crippen LogP contribution in [-0.2, 0) is 13.0 Å². The average Bonchev–Trinajstić information content (AvgIpc) is 3.13. The van der Waals surface area contributed by atoms with Crippen molar-refractivity contribution >= 4 is 11.3 Å². The lowest BCUT2D eigenvalue weighted by molar-refractivity contribution is 0.331. The van der Waals surface area contributed by atoms with E-state index in [2.05, 4.69) is 52.5 Å². The first-order chi connectivity index (χ1) is 10.3. The lowest BCUT2D eigenvalue weighted by atomic mass is 10.1. The summed E-state index contributed by atoms with van der Waals surface area (Å²) in [6, 6.07) is 11.4. The number of thiazole rings is 1. The summed E-state index contributed by atoms with van der Waals surface area (Å²) >= 11 is 1.79. The predicted octanol–water partition coefficient (Wildman–Crippen LogP) is 2.86. The summed E-state index contributed by atoms with van der Waals surface area (Å²) in [5, 5.41) is 4.85. The van der Waals surface area contributed by atoms with Gasteiger partial charge in [0.1, 0.15) is 5.01 Å². The van der Waals surface area contributed by atoms with Crippen LogP contribution in [0.25, 0.3) is 0 Å². The molecule has 0 aliphatic carbocycles. The number of nitrogens with one attached hydrogen (secondary N) is 1. The Morgan fingerprint density at radius 3 is 2.95 bits per heavy atom. The Morgan fingerprint density at radius 2 is 2.19 bits per heavy atom. The molecule has 1 unspecified atom stereocenters. The minimum absolute atomic E-state index is 0.616. The average molecular weight is 301 g/mol. The highest BCUT2D eigenvalue weighted by molar-refractivity contribution is 7.11. The van der Waals surface area contributed by atoms with E-state index < -0.39 is 0 Å². The molecule has 1 aliphatic heterocycles. The second-order valence-corrected chi connectivity index (χ2v) is 7.09. The third kappa shape index (κ3) is 4.37. The van der Waals surface area contributed by atoms with Crippen LogP contribution in [0, 0.1) is 6.92 Å². The van der Waals surface area contributed by atoms with E-state index in [0.717, 1.165) is 19.5 Å². The molecular weight excluding hydrogens is 278 g/mol. The van der Waals surface area contributed by atoms with E-state index in [0.29, 0.717) is 6.04 Å². The largest absolute Gasteiger partial charge is 0.306 e. The van der Waals surface area contributed by atoms with Crippen molar-refractivity contribution in [3.8, 4) is 0 Å². The molecule has 21 heavy (non-hydrogen) atoms. The van der Waals surface area contributed by atoms with Gasteiger partial charge in [-0.25, -0.2) is 4.98 Å². The first-order valence-corrected chi connectivity index (χ1v) is 8.52. The highest BCUT2D eigenvalue weighted by Gasteiger charge is 2.21. The van der Waals surface area contributed by atoms with Crippen LogP contribution in [0.2, 0.25) is 0 Å². The Labute approximate surface area is 131 Å². The van der Waals surface area contributed by atoms with Gasteiger partial charge in [-0.1, -0.05) is 30.3 Å². The molecule has 1 fully saturated rings. The van der Waals surface area contributed by atoms with Gasteiger partial charge in [-0.15, -0.1) is 11.3 Å². The fraction of sp³-hybridized carbons (Fsp3) is 0.471. The van der Waals surface area contributed by atoms with Crippen LogP contribution < -0.4 is 5.32 Å².